The summed E-state index contributed by atoms with van der Waals surface area (Å²) in [4.78, 5) is 11.9. The number of benzene rings is 2. The first-order valence-corrected chi connectivity index (χ1v) is 8.23. The number of rotatable bonds is 6. The summed E-state index contributed by atoms with van der Waals surface area (Å²) in [5.74, 6) is 0.427. The molecule has 0 unspecified atom stereocenters. The number of para-hydroxylation sites is 1. The molecule has 0 saturated heterocycles. The van der Waals surface area contributed by atoms with Gasteiger partial charge in [0.1, 0.15) is 5.75 Å². The van der Waals surface area contributed by atoms with Gasteiger partial charge in [-0.1, -0.05) is 24.3 Å². The van der Waals surface area contributed by atoms with E-state index in [1.807, 2.05) is 73.3 Å². The van der Waals surface area contributed by atoms with Gasteiger partial charge in [0.2, 0.25) is 0 Å². The van der Waals surface area contributed by atoms with Gasteiger partial charge in [0.25, 0.3) is 5.91 Å². The second kappa shape index (κ2) is 7.40. The topological polar surface area (TPSA) is 63.5 Å². The Morgan fingerprint density at radius 2 is 2.04 bits per heavy atom. The molecule has 0 bridgehead atoms. The summed E-state index contributed by atoms with van der Waals surface area (Å²) >= 11 is 0. The van der Waals surface area contributed by atoms with Crippen LogP contribution in [0, 0.1) is 6.92 Å². The van der Waals surface area contributed by atoms with Gasteiger partial charge in [-0.15, -0.1) is 0 Å². The summed E-state index contributed by atoms with van der Waals surface area (Å²) in [5.41, 5.74) is 2.86. The van der Waals surface area contributed by atoms with Crippen molar-refractivity contribution in [1.29, 1.82) is 0 Å². The average Bonchev–Trinajstić information content (AvgIpc) is 2.99. The number of aromatic nitrogens is 1. The van der Waals surface area contributed by atoms with Crippen LogP contribution in [0.3, 0.4) is 0 Å². The minimum atomic E-state index is -0.757. The van der Waals surface area contributed by atoms with E-state index < -0.39 is 6.10 Å². The van der Waals surface area contributed by atoms with Crippen LogP contribution < -0.4 is 10.1 Å². The Bertz CT molecular complexity index is 886. The molecule has 5 heteroatoms. The van der Waals surface area contributed by atoms with E-state index in [0.29, 0.717) is 5.75 Å². The standard InChI is InChI=1S/C20H22N2O3/c1-14-5-3-4-6-19(14)25-13-20(24)21-12-18(23)16-7-8-17-15(11-16)9-10-22(17)2/h3-11,18,23H,12-13H2,1-2H3,(H,21,24)/t18-/m0/s1. The number of nitrogens with zero attached hydrogens (tertiary/aromatic N) is 1. The van der Waals surface area contributed by atoms with E-state index in [9.17, 15) is 9.90 Å². The largest absolute Gasteiger partial charge is 0.484 e. The van der Waals surface area contributed by atoms with Crippen LogP contribution in [0.2, 0.25) is 0 Å². The number of amides is 1. The fourth-order valence-corrected chi connectivity index (χ4v) is 2.75. The summed E-state index contributed by atoms with van der Waals surface area (Å²) in [6.45, 7) is 2.00. The number of aryl methyl sites for hydroxylation is 2. The molecule has 1 amide bonds. The number of carbonyl (C=O) groups is 1. The van der Waals surface area contributed by atoms with Crippen molar-refractivity contribution in [2.24, 2.45) is 7.05 Å². The lowest BCUT2D eigenvalue weighted by molar-refractivity contribution is -0.123. The maximum absolute atomic E-state index is 11.9. The average molecular weight is 338 g/mol. The molecule has 3 rings (SSSR count). The molecule has 2 N–H and O–H groups in total. The van der Waals surface area contributed by atoms with E-state index in [2.05, 4.69) is 5.32 Å². The minimum absolute atomic E-state index is 0.0741. The molecule has 0 saturated carbocycles. The Kier molecular flexibility index (Phi) is 5.05. The third kappa shape index (κ3) is 4.00. The molecule has 5 nitrogen and oxygen atoms in total. The van der Waals surface area contributed by atoms with Gasteiger partial charge in [-0.3, -0.25) is 4.79 Å². The number of carbonyl (C=O) groups excluding carboxylic acids is 1. The summed E-state index contributed by atoms with van der Waals surface area (Å²) < 4.78 is 7.52. The molecule has 0 radical (unpaired) electrons. The predicted octanol–water partition coefficient (Wildman–Crippen LogP) is 2.72. The third-order valence-corrected chi connectivity index (χ3v) is 4.24. The molecular weight excluding hydrogens is 316 g/mol. The van der Waals surface area contributed by atoms with Gasteiger partial charge >= 0.3 is 0 Å². The summed E-state index contributed by atoms with van der Waals surface area (Å²) in [6.07, 6.45) is 1.22. The SMILES string of the molecule is Cc1ccccc1OCC(=O)NC[C@H](O)c1ccc2c(ccn2C)c1. The van der Waals surface area contributed by atoms with Gasteiger partial charge in [-0.05, 0) is 47.7 Å². The number of ether oxygens (including phenoxy) is 1. The maximum Gasteiger partial charge on any atom is 0.258 e. The van der Waals surface area contributed by atoms with Crippen LogP contribution in [0.1, 0.15) is 17.2 Å². The van der Waals surface area contributed by atoms with E-state index in [4.69, 9.17) is 4.74 Å². The van der Waals surface area contributed by atoms with Crippen molar-refractivity contribution in [3.05, 3.63) is 65.9 Å². The Hall–Kier alpha value is -2.79. The smallest absolute Gasteiger partial charge is 0.258 e. The van der Waals surface area contributed by atoms with Crippen LogP contribution in [0.25, 0.3) is 10.9 Å². The van der Waals surface area contributed by atoms with Crippen LogP contribution in [0.15, 0.2) is 54.7 Å². The fraction of sp³-hybridized carbons (Fsp3) is 0.250. The molecule has 130 valence electrons. The van der Waals surface area contributed by atoms with Crippen molar-refractivity contribution in [2.75, 3.05) is 13.2 Å². The number of hydrogen-bond acceptors (Lipinski definition) is 3. The third-order valence-electron chi connectivity index (χ3n) is 4.24. The van der Waals surface area contributed by atoms with Crippen molar-refractivity contribution in [3.63, 3.8) is 0 Å². The molecule has 1 aromatic heterocycles. The van der Waals surface area contributed by atoms with Crippen LogP contribution in [-0.4, -0.2) is 28.7 Å². The molecule has 0 fully saturated rings. The minimum Gasteiger partial charge on any atom is -0.484 e. The number of nitrogens with one attached hydrogen (secondary N) is 1. The highest BCUT2D eigenvalue weighted by Gasteiger charge is 2.11. The zero-order valence-electron chi connectivity index (χ0n) is 14.4. The summed E-state index contributed by atoms with van der Waals surface area (Å²) in [7, 11) is 1.98. The van der Waals surface area contributed by atoms with Gasteiger partial charge in [0.05, 0.1) is 6.10 Å². The highest BCUT2D eigenvalue weighted by atomic mass is 16.5. The van der Waals surface area contributed by atoms with Gasteiger partial charge in [-0.2, -0.15) is 0 Å². The van der Waals surface area contributed by atoms with Gasteiger partial charge in [-0.25, -0.2) is 0 Å². The highest BCUT2D eigenvalue weighted by molar-refractivity contribution is 5.81. The molecule has 2 aromatic carbocycles. The first-order valence-electron chi connectivity index (χ1n) is 8.23. The first kappa shape index (κ1) is 17.0. The zero-order chi connectivity index (χ0) is 17.8. The van der Waals surface area contributed by atoms with Gasteiger partial charge in [0, 0.05) is 25.3 Å². The monoisotopic (exact) mass is 338 g/mol. The summed E-state index contributed by atoms with van der Waals surface area (Å²) in [6, 6.07) is 15.3. The zero-order valence-corrected chi connectivity index (χ0v) is 14.4. The van der Waals surface area contributed by atoms with Crippen molar-refractivity contribution >= 4 is 16.8 Å². The lowest BCUT2D eigenvalue weighted by Gasteiger charge is -2.13. The number of fused-ring (bicyclic) bond motifs is 1. The Morgan fingerprint density at radius 1 is 1.24 bits per heavy atom. The fourth-order valence-electron chi connectivity index (χ4n) is 2.75. The lowest BCUT2D eigenvalue weighted by atomic mass is 10.1. The number of aliphatic hydroxyl groups excluding tert-OH is 1. The normalized spacial score (nSPS) is 12.1. The Balaban J connectivity index is 1.53. The van der Waals surface area contributed by atoms with Crippen LogP contribution >= 0.6 is 0 Å². The molecular formula is C20H22N2O3. The summed E-state index contributed by atoms with van der Waals surface area (Å²) in [5, 5.41) is 14.1. The molecule has 1 atom stereocenters. The van der Waals surface area contributed by atoms with E-state index in [-0.39, 0.29) is 19.1 Å². The quantitative estimate of drug-likeness (QED) is 0.726. The van der Waals surface area contributed by atoms with Gasteiger partial charge in [0.15, 0.2) is 6.61 Å². The number of aliphatic hydroxyl groups is 1. The van der Waals surface area contributed by atoms with Crippen LogP contribution in [-0.2, 0) is 11.8 Å². The Morgan fingerprint density at radius 3 is 2.84 bits per heavy atom. The Labute approximate surface area is 146 Å². The molecule has 0 aliphatic rings. The van der Waals surface area contributed by atoms with Crippen molar-refractivity contribution in [1.82, 2.24) is 9.88 Å². The molecule has 3 aromatic rings. The van der Waals surface area contributed by atoms with Crippen molar-refractivity contribution in [2.45, 2.75) is 13.0 Å². The van der Waals surface area contributed by atoms with Crippen LogP contribution in [0.5, 0.6) is 5.75 Å². The van der Waals surface area contributed by atoms with E-state index in [1.165, 1.54) is 0 Å². The predicted molar refractivity (Wildman–Crippen MR) is 97.6 cm³/mol. The molecule has 1 heterocycles. The highest BCUT2D eigenvalue weighted by Crippen LogP contribution is 2.21. The molecule has 0 aliphatic carbocycles. The van der Waals surface area contributed by atoms with Crippen molar-refractivity contribution < 1.29 is 14.6 Å². The van der Waals surface area contributed by atoms with Gasteiger partial charge < -0.3 is 19.7 Å². The second-order valence-electron chi connectivity index (χ2n) is 6.12. The van der Waals surface area contributed by atoms with E-state index in [1.54, 1.807) is 0 Å². The maximum atomic E-state index is 11.9. The lowest BCUT2D eigenvalue weighted by Crippen LogP contribution is -2.32. The molecule has 0 aliphatic heterocycles. The molecule has 0 spiro atoms. The van der Waals surface area contributed by atoms with Crippen molar-refractivity contribution in [3.8, 4) is 5.75 Å². The van der Waals surface area contributed by atoms with E-state index >= 15 is 0 Å². The molecule has 25 heavy (non-hydrogen) atoms. The van der Waals surface area contributed by atoms with Crippen LogP contribution in [0.4, 0.5) is 0 Å². The number of hydrogen-bond donors (Lipinski definition) is 2. The second-order valence-corrected chi connectivity index (χ2v) is 6.12. The van der Waals surface area contributed by atoms with E-state index in [0.717, 1.165) is 22.0 Å². The first-order chi connectivity index (χ1) is 12.0.